The average molecular weight is 243 g/mol. The molecule has 4 nitrogen and oxygen atoms in total. The number of carbonyl (C=O) groups is 2. The normalized spacial score (nSPS) is 10.2. The van der Waals surface area contributed by atoms with Crippen LogP contribution in [-0.2, 0) is 9.59 Å². The van der Waals surface area contributed by atoms with Crippen molar-refractivity contribution in [1.82, 2.24) is 5.32 Å². The molecule has 0 fully saturated rings. The molecule has 0 aliphatic carbocycles. The lowest BCUT2D eigenvalue weighted by atomic mass is 10.1. The van der Waals surface area contributed by atoms with Gasteiger partial charge in [0.05, 0.1) is 6.42 Å². The first-order valence-corrected chi connectivity index (χ1v) is 6.65. The Kier molecular flexibility index (Phi) is 10.7. The van der Waals surface area contributed by atoms with Gasteiger partial charge >= 0.3 is 5.97 Å². The van der Waals surface area contributed by atoms with E-state index >= 15 is 0 Å². The maximum Gasteiger partial charge on any atom is 0.303 e. The molecular weight excluding hydrogens is 218 g/mol. The number of rotatable bonds is 11. The lowest BCUT2D eigenvalue weighted by Gasteiger charge is -2.04. The van der Waals surface area contributed by atoms with Gasteiger partial charge in [-0.2, -0.15) is 0 Å². The summed E-state index contributed by atoms with van der Waals surface area (Å²) in [6.07, 6.45) is 8.53. The molecule has 0 aromatic carbocycles. The fourth-order valence-corrected chi connectivity index (χ4v) is 1.62. The van der Waals surface area contributed by atoms with Crippen LogP contribution in [0.2, 0.25) is 0 Å². The van der Waals surface area contributed by atoms with Crippen molar-refractivity contribution in [2.45, 2.75) is 64.7 Å². The predicted octanol–water partition coefficient (Wildman–Crippen LogP) is 2.72. The fraction of sp³-hybridized carbons (Fsp3) is 0.846. The topological polar surface area (TPSA) is 66.4 Å². The van der Waals surface area contributed by atoms with E-state index < -0.39 is 5.97 Å². The number of amides is 1. The maximum atomic E-state index is 11.1. The molecule has 0 radical (unpaired) electrons. The van der Waals surface area contributed by atoms with Crippen LogP contribution in [0.25, 0.3) is 0 Å². The lowest BCUT2D eigenvalue weighted by Crippen LogP contribution is -2.24. The van der Waals surface area contributed by atoms with Crippen LogP contribution in [0.1, 0.15) is 64.7 Å². The SMILES string of the molecule is CCCCCCCCCNC(=O)CCC(=O)O. The Bertz CT molecular complexity index is 217. The third-order valence-electron chi connectivity index (χ3n) is 2.67. The van der Waals surface area contributed by atoms with Crippen LogP contribution in [0.3, 0.4) is 0 Å². The van der Waals surface area contributed by atoms with Gasteiger partial charge in [0.15, 0.2) is 0 Å². The maximum absolute atomic E-state index is 11.1. The van der Waals surface area contributed by atoms with Gasteiger partial charge in [-0.1, -0.05) is 45.4 Å². The summed E-state index contributed by atoms with van der Waals surface area (Å²) in [5, 5.41) is 11.1. The molecule has 100 valence electrons. The summed E-state index contributed by atoms with van der Waals surface area (Å²) in [4.78, 5) is 21.4. The first-order chi connectivity index (χ1) is 8.16. The highest BCUT2D eigenvalue weighted by atomic mass is 16.4. The van der Waals surface area contributed by atoms with E-state index in [4.69, 9.17) is 5.11 Å². The molecule has 0 aliphatic rings. The van der Waals surface area contributed by atoms with E-state index in [0.717, 1.165) is 12.8 Å². The van der Waals surface area contributed by atoms with Crippen molar-refractivity contribution >= 4 is 11.9 Å². The molecule has 17 heavy (non-hydrogen) atoms. The number of aliphatic carboxylic acids is 1. The molecule has 0 spiro atoms. The van der Waals surface area contributed by atoms with Crippen molar-refractivity contribution in [3.63, 3.8) is 0 Å². The van der Waals surface area contributed by atoms with E-state index in [2.05, 4.69) is 12.2 Å². The Morgan fingerprint density at radius 3 is 2.12 bits per heavy atom. The van der Waals surface area contributed by atoms with E-state index in [1.807, 2.05) is 0 Å². The van der Waals surface area contributed by atoms with Gasteiger partial charge in [0.2, 0.25) is 5.91 Å². The number of carbonyl (C=O) groups excluding carboxylic acids is 1. The van der Waals surface area contributed by atoms with E-state index in [9.17, 15) is 9.59 Å². The largest absolute Gasteiger partial charge is 0.481 e. The van der Waals surface area contributed by atoms with Crippen LogP contribution in [0, 0.1) is 0 Å². The van der Waals surface area contributed by atoms with Gasteiger partial charge in [0.25, 0.3) is 0 Å². The van der Waals surface area contributed by atoms with Crippen molar-refractivity contribution < 1.29 is 14.7 Å². The zero-order chi connectivity index (χ0) is 12.9. The van der Waals surface area contributed by atoms with Crippen molar-refractivity contribution in [1.29, 1.82) is 0 Å². The van der Waals surface area contributed by atoms with E-state index in [1.165, 1.54) is 32.1 Å². The standard InChI is InChI=1S/C13H25NO3/c1-2-3-4-5-6-7-8-11-14-12(15)9-10-13(16)17/h2-11H2,1H3,(H,14,15)(H,16,17). The first kappa shape index (κ1) is 15.9. The lowest BCUT2D eigenvalue weighted by molar-refractivity contribution is -0.138. The van der Waals surface area contributed by atoms with Crippen molar-refractivity contribution in [2.75, 3.05) is 6.54 Å². The zero-order valence-corrected chi connectivity index (χ0v) is 10.8. The summed E-state index contributed by atoms with van der Waals surface area (Å²) in [5.41, 5.74) is 0. The number of carboxylic acids is 1. The molecular formula is C13H25NO3. The molecule has 0 bridgehead atoms. The second-order valence-electron chi connectivity index (χ2n) is 4.37. The van der Waals surface area contributed by atoms with Crippen LogP contribution in [0.4, 0.5) is 0 Å². The number of carboxylic acid groups (broad SMARTS) is 1. The molecule has 0 rings (SSSR count). The van der Waals surface area contributed by atoms with Crippen LogP contribution in [-0.4, -0.2) is 23.5 Å². The van der Waals surface area contributed by atoms with Gasteiger partial charge in [-0.15, -0.1) is 0 Å². The number of hydrogen-bond acceptors (Lipinski definition) is 2. The van der Waals surface area contributed by atoms with Crippen molar-refractivity contribution in [3.8, 4) is 0 Å². The zero-order valence-electron chi connectivity index (χ0n) is 10.8. The van der Waals surface area contributed by atoms with Crippen molar-refractivity contribution in [2.24, 2.45) is 0 Å². The van der Waals surface area contributed by atoms with Crippen LogP contribution >= 0.6 is 0 Å². The highest BCUT2D eigenvalue weighted by molar-refractivity contribution is 5.80. The van der Waals surface area contributed by atoms with Crippen LogP contribution < -0.4 is 5.32 Å². The number of unbranched alkanes of at least 4 members (excludes halogenated alkanes) is 6. The van der Waals surface area contributed by atoms with Gasteiger partial charge in [0, 0.05) is 13.0 Å². The second kappa shape index (κ2) is 11.4. The Balaban J connectivity index is 3.16. The van der Waals surface area contributed by atoms with Gasteiger partial charge in [-0.3, -0.25) is 9.59 Å². The quantitative estimate of drug-likeness (QED) is 0.548. The van der Waals surface area contributed by atoms with Gasteiger partial charge < -0.3 is 10.4 Å². The number of hydrogen-bond donors (Lipinski definition) is 2. The molecule has 0 saturated carbocycles. The Labute approximate surface area is 104 Å². The number of nitrogens with one attached hydrogen (secondary N) is 1. The summed E-state index contributed by atoms with van der Waals surface area (Å²) in [6.45, 7) is 2.87. The highest BCUT2D eigenvalue weighted by Crippen LogP contribution is 2.06. The smallest absolute Gasteiger partial charge is 0.303 e. The van der Waals surface area contributed by atoms with Crippen LogP contribution in [0.5, 0.6) is 0 Å². The first-order valence-electron chi connectivity index (χ1n) is 6.65. The molecule has 2 N–H and O–H groups in total. The molecule has 1 amide bonds. The minimum atomic E-state index is -0.920. The van der Waals surface area contributed by atoms with Crippen LogP contribution in [0.15, 0.2) is 0 Å². The summed E-state index contributed by atoms with van der Waals surface area (Å²) >= 11 is 0. The molecule has 0 atom stereocenters. The average Bonchev–Trinajstić information content (AvgIpc) is 2.30. The van der Waals surface area contributed by atoms with E-state index in [-0.39, 0.29) is 18.7 Å². The molecule has 0 aromatic rings. The third-order valence-corrected chi connectivity index (χ3v) is 2.67. The molecule has 4 heteroatoms. The summed E-state index contributed by atoms with van der Waals surface area (Å²) < 4.78 is 0. The second-order valence-corrected chi connectivity index (χ2v) is 4.37. The molecule has 0 unspecified atom stereocenters. The molecule has 0 aliphatic heterocycles. The molecule has 0 heterocycles. The minimum absolute atomic E-state index is 0.0805. The molecule has 0 saturated heterocycles. The highest BCUT2D eigenvalue weighted by Gasteiger charge is 2.03. The Morgan fingerprint density at radius 1 is 0.941 bits per heavy atom. The summed E-state index contributed by atoms with van der Waals surface area (Å²) in [6, 6.07) is 0. The van der Waals surface area contributed by atoms with E-state index in [1.54, 1.807) is 0 Å². The minimum Gasteiger partial charge on any atom is -0.481 e. The van der Waals surface area contributed by atoms with Gasteiger partial charge in [-0.05, 0) is 6.42 Å². The summed E-state index contributed by atoms with van der Waals surface area (Å²) in [5.74, 6) is -1.07. The Hall–Kier alpha value is -1.06. The van der Waals surface area contributed by atoms with E-state index in [0.29, 0.717) is 6.54 Å². The monoisotopic (exact) mass is 243 g/mol. The van der Waals surface area contributed by atoms with Gasteiger partial charge in [-0.25, -0.2) is 0 Å². The predicted molar refractivity (Wildman–Crippen MR) is 67.9 cm³/mol. The summed E-state index contributed by atoms with van der Waals surface area (Å²) in [7, 11) is 0. The third kappa shape index (κ3) is 12.9. The van der Waals surface area contributed by atoms with Gasteiger partial charge in [0.1, 0.15) is 0 Å². The molecule has 0 aromatic heterocycles. The van der Waals surface area contributed by atoms with Crippen molar-refractivity contribution in [3.05, 3.63) is 0 Å². The Morgan fingerprint density at radius 2 is 1.53 bits per heavy atom. The fourth-order valence-electron chi connectivity index (χ4n) is 1.62.